The maximum Gasteiger partial charge on any atom is 0.119 e. The van der Waals surface area contributed by atoms with E-state index < -0.39 is 0 Å². The highest BCUT2D eigenvalue weighted by Gasteiger charge is 2.14. The van der Waals surface area contributed by atoms with Crippen LogP contribution >= 0.6 is 11.6 Å². The number of nitrogens with zero attached hydrogens (tertiary/aromatic N) is 1. The molecule has 0 unspecified atom stereocenters. The first-order valence-corrected chi connectivity index (χ1v) is 11.7. The lowest BCUT2D eigenvalue weighted by atomic mass is 9.88. The van der Waals surface area contributed by atoms with Crippen molar-refractivity contribution in [2.45, 2.75) is 13.3 Å². The molecule has 0 radical (unpaired) electrons. The SMILES string of the molecule is CC/C(=C(/c1ccc(Cl)cc1)c1ccc(OCCN2CCOCC2)cc1)c1ccccc1. The van der Waals surface area contributed by atoms with E-state index in [0.29, 0.717) is 6.61 Å². The Morgan fingerprint density at radius 3 is 2.09 bits per heavy atom. The highest BCUT2D eigenvalue weighted by molar-refractivity contribution is 6.30. The lowest BCUT2D eigenvalue weighted by Gasteiger charge is -2.26. The second-order valence-electron chi connectivity index (χ2n) is 7.91. The van der Waals surface area contributed by atoms with Gasteiger partial charge in [-0.05, 0) is 58.5 Å². The number of ether oxygens (including phenoxy) is 2. The van der Waals surface area contributed by atoms with Gasteiger partial charge >= 0.3 is 0 Å². The summed E-state index contributed by atoms with van der Waals surface area (Å²) in [6.45, 7) is 7.42. The predicted octanol–water partition coefficient (Wildman–Crippen LogP) is 6.42. The summed E-state index contributed by atoms with van der Waals surface area (Å²) in [7, 11) is 0. The summed E-state index contributed by atoms with van der Waals surface area (Å²) >= 11 is 6.18. The smallest absolute Gasteiger partial charge is 0.119 e. The van der Waals surface area contributed by atoms with Crippen LogP contribution in [0.15, 0.2) is 78.9 Å². The highest BCUT2D eigenvalue weighted by Crippen LogP contribution is 2.35. The van der Waals surface area contributed by atoms with E-state index in [2.05, 4.69) is 78.6 Å². The van der Waals surface area contributed by atoms with Crippen LogP contribution in [-0.4, -0.2) is 44.4 Å². The van der Waals surface area contributed by atoms with Gasteiger partial charge in [-0.25, -0.2) is 0 Å². The second-order valence-corrected chi connectivity index (χ2v) is 8.34. The van der Waals surface area contributed by atoms with E-state index in [9.17, 15) is 0 Å². The van der Waals surface area contributed by atoms with Crippen molar-refractivity contribution in [3.05, 3.63) is 101 Å². The summed E-state index contributed by atoms with van der Waals surface area (Å²) in [5, 5.41) is 0.745. The Morgan fingerprint density at radius 2 is 1.47 bits per heavy atom. The highest BCUT2D eigenvalue weighted by atomic mass is 35.5. The van der Waals surface area contributed by atoms with Crippen molar-refractivity contribution in [1.29, 1.82) is 0 Å². The molecule has 1 aliphatic rings. The van der Waals surface area contributed by atoms with Crippen LogP contribution in [0.1, 0.15) is 30.0 Å². The van der Waals surface area contributed by atoms with Crippen LogP contribution in [0.4, 0.5) is 0 Å². The topological polar surface area (TPSA) is 21.7 Å². The van der Waals surface area contributed by atoms with Crippen molar-refractivity contribution in [2.75, 3.05) is 39.5 Å². The number of hydrogen-bond donors (Lipinski definition) is 0. The summed E-state index contributed by atoms with van der Waals surface area (Å²) < 4.78 is 11.4. The molecule has 1 aliphatic heterocycles. The maximum absolute atomic E-state index is 6.18. The molecular weight excluding hydrogens is 418 g/mol. The van der Waals surface area contributed by atoms with Crippen LogP contribution in [-0.2, 0) is 4.74 Å². The van der Waals surface area contributed by atoms with Crippen molar-refractivity contribution >= 4 is 22.7 Å². The molecule has 0 aliphatic carbocycles. The quantitative estimate of drug-likeness (QED) is 0.372. The first kappa shape index (κ1) is 22.6. The van der Waals surface area contributed by atoms with Crippen LogP contribution in [0.5, 0.6) is 5.75 Å². The molecule has 1 heterocycles. The minimum atomic E-state index is 0.684. The standard InChI is InChI=1S/C28H30ClNO2/c1-2-27(22-6-4-3-5-7-22)28(23-8-12-25(29)13-9-23)24-10-14-26(15-11-24)32-21-18-30-16-19-31-20-17-30/h3-15H,2,16-21H2,1H3/b28-27+. The lowest BCUT2D eigenvalue weighted by Crippen LogP contribution is -2.38. The largest absolute Gasteiger partial charge is 0.492 e. The third-order valence-corrected chi connectivity index (χ3v) is 6.09. The van der Waals surface area contributed by atoms with Crippen molar-refractivity contribution in [3.8, 4) is 5.75 Å². The number of allylic oxidation sites excluding steroid dienone is 1. The van der Waals surface area contributed by atoms with Gasteiger partial charge in [0.25, 0.3) is 0 Å². The molecule has 0 amide bonds. The fourth-order valence-corrected chi connectivity index (χ4v) is 4.26. The number of hydrogen-bond acceptors (Lipinski definition) is 3. The molecule has 1 saturated heterocycles. The molecule has 3 aromatic carbocycles. The Labute approximate surface area is 196 Å². The van der Waals surface area contributed by atoms with Crippen molar-refractivity contribution < 1.29 is 9.47 Å². The molecule has 0 N–H and O–H groups in total. The van der Waals surface area contributed by atoms with Gasteiger partial charge in [0.15, 0.2) is 0 Å². The summed E-state index contributed by atoms with van der Waals surface area (Å²) in [6.07, 6.45) is 0.930. The Morgan fingerprint density at radius 1 is 0.844 bits per heavy atom. The zero-order chi connectivity index (χ0) is 22.2. The minimum absolute atomic E-state index is 0.684. The molecule has 0 spiro atoms. The van der Waals surface area contributed by atoms with Gasteiger partial charge in [-0.3, -0.25) is 4.90 Å². The zero-order valence-electron chi connectivity index (χ0n) is 18.6. The summed E-state index contributed by atoms with van der Waals surface area (Å²) in [5.41, 5.74) is 6.12. The fraction of sp³-hybridized carbons (Fsp3) is 0.286. The van der Waals surface area contributed by atoms with E-state index in [4.69, 9.17) is 21.1 Å². The van der Waals surface area contributed by atoms with Crippen LogP contribution in [0.2, 0.25) is 5.02 Å². The Bertz CT molecular complexity index is 1010. The molecule has 1 fully saturated rings. The molecule has 0 atom stereocenters. The van der Waals surface area contributed by atoms with E-state index in [1.165, 1.54) is 22.3 Å². The Kier molecular flexibility index (Phi) is 8.00. The van der Waals surface area contributed by atoms with E-state index in [-0.39, 0.29) is 0 Å². The van der Waals surface area contributed by atoms with Crippen LogP contribution in [0.3, 0.4) is 0 Å². The monoisotopic (exact) mass is 447 g/mol. The van der Waals surface area contributed by atoms with Crippen LogP contribution in [0, 0.1) is 0 Å². The number of morpholine rings is 1. The van der Waals surface area contributed by atoms with Crippen molar-refractivity contribution in [2.24, 2.45) is 0 Å². The normalized spacial score (nSPS) is 15.3. The maximum atomic E-state index is 6.18. The molecule has 3 nitrogen and oxygen atoms in total. The molecule has 3 aromatic rings. The summed E-state index contributed by atoms with van der Waals surface area (Å²) in [4.78, 5) is 2.38. The zero-order valence-corrected chi connectivity index (χ0v) is 19.4. The molecular formula is C28H30ClNO2. The molecule has 0 bridgehead atoms. The summed E-state index contributed by atoms with van der Waals surface area (Å²) in [6, 6.07) is 27.2. The molecule has 4 rings (SSSR count). The first-order chi connectivity index (χ1) is 15.7. The number of benzene rings is 3. The van der Waals surface area contributed by atoms with Crippen LogP contribution in [0.25, 0.3) is 11.1 Å². The van der Waals surface area contributed by atoms with Crippen molar-refractivity contribution in [3.63, 3.8) is 0 Å². The third kappa shape index (κ3) is 5.80. The third-order valence-electron chi connectivity index (χ3n) is 5.83. The molecule has 166 valence electrons. The Hall–Kier alpha value is -2.59. The van der Waals surface area contributed by atoms with Gasteiger partial charge in [-0.2, -0.15) is 0 Å². The summed E-state index contributed by atoms with van der Waals surface area (Å²) in [5.74, 6) is 0.898. The van der Waals surface area contributed by atoms with E-state index in [0.717, 1.165) is 55.6 Å². The Balaban J connectivity index is 1.58. The van der Waals surface area contributed by atoms with Gasteiger partial charge in [-0.1, -0.05) is 73.1 Å². The predicted molar refractivity (Wildman–Crippen MR) is 133 cm³/mol. The lowest BCUT2D eigenvalue weighted by molar-refractivity contribution is 0.0322. The second kappa shape index (κ2) is 11.3. The average Bonchev–Trinajstić information content (AvgIpc) is 2.85. The van der Waals surface area contributed by atoms with Gasteiger partial charge in [0, 0.05) is 24.7 Å². The van der Waals surface area contributed by atoms with Gasteiger partial charge in [0.2, 0.25) is 0 Å². The van der Waals surface area contributed by atoms with Crippen LogP contribution < -0.4 is 4.74 Å². The number of halogens is 1. The van der Waals surface area contributed by atoms with E-state index >= 15 is 0 Å². The van der Waals surface area contributed by atoms with Gasteiger partial charge in [-0.15, -0.1) is 0 Å². The van der Waals surface area contributed by atoms with Gasteiger partial charge in [0.1, 0.15) is 12.4 Å². The molecule has 0 saturated carbocycles. The van der Waals surface area contributed by atoms with Gasteiger partial charge < -0.3 is 9.47 Å². The average molecular weight is 448 g/mol. The van der Waals surface area contributed by atoms with E-state index in [1.807, 2.05) is 12.1 Å². The minimum Gasteiger partial charge on any atom is -0.492 e. The molecule has 32 heavy (non-hydrogen) atoms. The fourth-order valence-electron chi connectivity index (χ4n) is 4.13. The molecule has 4 heteroatoms. The first-order valence-electron chi connectivity index (χ1n) is 11.3. The van der Waals surface area contributed by atoms with Crippen molar-refractivity contribution in [1.82, 2.24) is 4.90 Å². The number of rotatable bonds is 8. The molecule has 0 aromatic heterocycles. The van der Waals surface area contributed by atoms with E-state index in [1.54, 1.807) is 0 Å². The van der Waals surface area contributed by atoms with Gasteiger partial charge in [0.05, 0.1) is 13.2 Å².